The van der Waals surface area contributed by atoms with Gasteiger partial charge in [-0.1, -0.05) is 0 Å². The fraction of sp³-hybridized carbons (Fsp3) is 0.688. The van der Waals surface area contributed by atoms with Crippen LogP contribution in [0, 0.1) is 0 Å². The van der Waals surface area contributed by atoms with Gasteiger partial charge in [0.15, 0.2) is 0 Å². The molecule has 30 heavy (non-hydrogen) atoms. The maximum absolute atomic E-state index is 12.0. The van der Waals surface area contributed by atoms with Crippen LogP contribution in [0.2, 0.25) is 0 Å². The van der Waals surface area contributed by atoms with Gasteiger partial charge in [-0.25, -0.2) is 4.79 Å². The highest BCUT2D eigenvalue weighted by Crippen LogP contribution is 2.27. The van der Waals surface area contributed by atoms with Crippen molar-refractivity contribution in [1.82, 2.24) is 14.9 Å². The first-order valence-corrected chi connectivity index (χ1v) is 8.92. The summed E-state index contributed by atoms with van der Waals surface area (Å²) in [7, 11) is 0. The number of carbonyl (C=O) groups excluding carboxylic acids is 1. The second-order valence-electron chi connectivity index (χ2n) is 6.35. The zero-order chi connectivity index (χ0) is 22.3. The van der Waals surface area contributed by atoms with E-state index in [2.05, 4.69) is 4.98 Å². The molecule has 0 unspecified atom stereocenters. The van der Waals surface area contributed by atoms with Crippen molar-refractivity contribution in [3.8, 4) is 0 Å². The number of alkyl halides is 3. The topological polar surface area (TPSA) is 152 Å². The van der Waals surface area contributed by atoms with E-state index < -0.39 is 48.4 Å². The minimum absolute atomic E-state index is 0.00296. The van der Waals surface area contributed by atoms with Gasteiger partial charge in [0, 0.05) is 19.2 Å². The lowest BCUT2D eigenvalue weighted by atomic mass is 10.2. The number of rotatable bonds is 10. The summed E-state index contributed by atoms with van der Waals surface area (Å²) in [6, 6.07) is 0. The molecular weight excluding hydrogens is 419 g/mol. The molecule has 0 bridgehead atoms. The molecule has 3 atom stereocenters. The molecule has 2 rings (SSSR count). The Bertz CT molecular complexity index is 825. The molecule has 0 aliphatic carbocycles. The van der Waals surface area contributed by atoms with Gasteiger partial charge in [0.1, 0.15) is 12.3 Å². The molecular formula is C16H22F3N3O8. The molecule has 1 fully saturated rings. The Balaban J connectivity index is 1.76. The standard InChI is InChI=1S/C16H22F3N3O8/c17-16(18,19)14(26)20-1-2-28-3-4-29-8-9-6-22(15(27)21-13(9)25)12-5-10(24)11(7-23)30-12/h6,10-12,23-24H,1-5,7-8H2,(H,20,26)(H,21,25,27)/t10-,11+,12+/m0/s1. The van der Waals surface area contributed by atoms with E-state index in [1.807, 2.05) is 0 Å². The number of nitrogens with zero attached hydrogens (tertiary/aromatic N) is 1. The zero-order valence-corrected chi connectivity index (χ0v) is 15.7. The van der Waals surface area contributed by atoms with Crippen LogP contribution in [-0.2, 0) is 25.6 Å². The summed E-state index contributed by atoms with van der Waals surface area (Å²) in [6.07, 6.45) is -6.34. The van der Waals surface area contributed by atoms with E-state index >= 15 is 0 Å². The van der Waals surface area contributed by atoms with Gasteiger partial charge in [-0.2, -0.15) is 13.2 Å². The number of hydrogen-bond donors (Lipinski definition) is 4. The largest absolute Gasteiger partial charge is 0.471 e. The molecule has 4 N–H and O–H groups in total. The minimum atomic E-state index is -4.95. The number of aromatic nitrogens is 2. The van der Waals surface area contributed by atoms with Crippen LogP contribution in [0.5, 0.6) is 0 Å². The van der Waals surface area contributed by atoms with Crippen LogP contribution in [0.25, 0.3) is 0 Å². The number of ether oxygens (including phenoxy) is 3. The molecule has 170 valence electrons. The van der Waals surface area contributed by atoms with E-state index in [0.717, 1.165) is 4.57 Å². The highest BCUT2D eigenvalue weighted by Gasteiger charge is 2.38. The molecule has 0 aromatic carbocycles. The van der Waals surface area contributed by atoms with Gasteiger partial charge in [0.05, 0.1) is 44.7 Å². The number of carbonyl (C=O) groups is 1. The molecule has 1 amide bonds. The van der Waals surface area contributed by atoms with Crippen LogP contribution >= 0.6 is 0 Å². The van der Waals surface area contributed by atoms with Crippen LogP contribution in [0.1, 0.15) is 18.2 Å². The third-order valence-electron chi connectivity index (χ3n) is 4.15. The van der Waals surface area contributed by atoms with E-state index in [9.17, 15) is 32.7 Å². The average Bonchev–Trinajstić information content (AvgIpc) is 3.04. The Kier molecular flexibility index (Phi) is 8.54. The molecule has 1 aromatic heterocycles. The highest BCUT2D eigenvalue weighted by molar-refractivity contribution is 5.81. The summed E-state index contributed by atoms with van der Waals surface area (Å²) in [5.41, 5.74) is -1.33. The first kappa shape index (κ1) is 24.0. The molecule has 0 spiro atoms. The summed E-state index contributed by atoms with van der Waals surface area (Å²) in [4.78, 5) is 36.6. The number of amides is 1. The fourth-order valence-corrected chi connectivity index (χ4v) is 2.63. The Hall–Kier alpha value is -2.26. The van der Waals surface area contributed by atoms with E-state index in [1.165, 1.54) is 6.20 Å². The van der Waals surface area contributed by atoms with Crippen LogP contribution in [0.15, 0.2) is 15.8 Å². The van der Waals surface area contributed by atoms with Crippen molar-refractivity contribution >= 4 is 5.91 Å². The number of aliphatic hydroxyl groups excluding tert-OH is 2. The molecule has 0 saturated carbocycles. The molecule has 1 aliphatic heterocycles. The van der Waals surface area contributed by atoms with Crippen LogP contribution in [-0.4, -0.2) is 77.0 Å². The first-order valence-electron chi connectivity index (χ1n) is 8.92. The zero-order valence-electron chi connectivity index (χ0n) is 15.7. The Morgan fingerprint density at radius 2 is 2.00 bits per heavy atom. The van der Waals surface area contributed by atoms with Crippen molar-refractivity contribution < 1.29 is 42.4 Å². The van der Waals surface area contributed by atoms with E-state index in [4.69, 9.17) is 19.3 Å². The second kappa shape index (κ2) is 10.7. The maximum atomic E-state index is 12.0. The Morgan fingerprint density at radius 1 is 1.30 bits per heavy atom. The highest BCUT2D eigenvalue weighted by atomic mass is 19.4. The molecule has 1 saturated heterocycles. The van der Waals surface area contributed by atoms with Gasteiger partial charge < -0.3 is 29.7 Å². The van der Waals surface area contributed by atoms with E-state index in [0.29, 0.717) is 0 Å². The summed E-state index contributed by atoms with van der Waals surface area (Å²) in [5.74, 6) is -2.05. The summed E-state index contributed by atoms with van der Waals surface area (Å²) in [6.45, 7) is -1.12. The van der Waals surface area contributed by atoms with Gasteiger partial charge in [0.25, 0.3) is 5.56 Å². The average molecular weight is 441 g/mol. The molecule has 1 aromatic rings. The predicted molar refractivity (Wildman–Crippen MR) is 92.5 cm³/mol. The van der Waals surface area contributed by atoms with Gasteiger partial charge in [0.2, 0.25) is 0 Å². The van der Waals surface area contributed by atoms with Crippen molar-refractivity contribution in [2.75, 3.05) is 33.0 Å². The van der Waals surface area contributed by atoms with Crippen molar-refractivity contribution in [1.29, 1.82) is 0 Å². The normalized spacial score (nSPS) is 21.7. The van der Waals surface area contributed by atoms with Crippen molar-refractivity contribution in [2.24, 2.45) is 0 Å². The number of H-pyrrole nitrogens is 1. The third-order valence-corrected chi connectivity index (χ3v) is 4.15. The molecule has 0 radical (unpaired) electrons. The Labute approximate surface area is 167 Å². The number of hydrogen-bond acceptors (Lipinski definition) is 8. The number of nitrogens with one attached hydrogen (secondary N) is 2. The Morgan fingerprint density at radius 3 is 2.63 bits per heavy atom. The van der Waals surface area contributed by atoms with Crippen LogP contribution in [0.3, 0.4) is 0 Å². The quantitative estimate of drug-likeness (QED) is 0.317. The number of aliphatic hydroxyl groups is 2. The lowest BCUT2D eigenvalue weighted by Crippen LogP contribution is -2.38. The number of aromatic amines is 1. The maximum Gasteiger partial charge on any atom is 0.471 e. The van der Waals surface area contributed by atoms with Gasteiger partial charge in [-0.05, 0) is 0 Å². The fourth-order valence-electron chi connectivity index (χ4n) is 2.63. The monoisotopic (exact) mass is 441 g/mol. The summed E-state index contributed by atoms with van der Waals surface area (Å²) in [5, 5.41) is 20.5. The smallest absolute Gasteiger partial charge is 0.394 e. The van der Waals surface area contributed by atoms with Gasteiger partial charge >= 0.3 is 17.8 Å². The van der Waals surface area contributed by atoms with E-state index in [1.54, 1.807) is 5.32 Å². The molecule has 11 nitrogen and oxygen atoms in total. The molecule has 14 heteroatoms. The number of halogens is 3. The van der Waals surface area contributed by atoms with E-state index in [-0.39, 0.29) is 45.0 Å². The van der Waals surface area contributed by atoms with Crippen molar-refractivity contribution in [3.63, 3.8) is 0 Å². The van der Waals surface area contributed by atoms with Crippen LogP contribution in [0.4, 0.5) is 13.2 Å². The third kappa shape index (κ3) is 6.63. The summed E-state index contributed by atoms with van der Waals surface area (Å²) >= 11 is 0. The summed E-state index contributed by atoms with van der Waals surface area (Å²) < 4.78 is 52.6. The first-order chi connectivity index (χ1) is 14.1. The van der Waals surface area contributed by atoms with Gasteiger partial charge in [-0.3, -0.25) is 19.1 Å². The lowest BCUT2D eigenvalue weighted by Gasteiger charge is -2.15. The predicted octanol–water partition coefficient (Wildman–Crippen LogP) is -1.61. The minimum Gasteiger partial charge on any atom is -0.394 e. The SMILES string of the molecule is O=C(NCCOCCOCc1cn([C@H]2C[C@H](O)[C@@H](CO)O2)c(=O)[nH]c1=O)C(F)(F)F. The lowest BCUT2D eigenvalue weighted by molar-refractivity contribution is -0.173. The van der Waals surface area contributed by atoms with Crippen molar-refractivity contribution in [2.45, 2.75) is 37.6 Å². The van der Waals surface area contributed by atoms with Gasteiger partial charge in [-0.15, -0.1) is 0 Å². The molecule has 1 aliphatic rings. The molecule has 2 heterocycles. The van der Waals surface area contributed by atoms with Crippen LogP contribution < -0.4 is 16.6 Å². The van der Waals surface area contributed by atoms with Crippen molar-refractivity contribution in [3.05, 3.63) is 32.6 Å². The second-order valence-corrected chi connectivity index (χ2v) is 6.35.